The quantitative estimate of drug-likeness (QED) is 0.759. The summed E-state index contributed by atoms with van der Waals surface area (Å²) >= 11 is 6.90. The maximum absolute atomic E-state index is 12.9. The minimum atomic E-state index is -0.381. The van der Waals surface area contributed by atoms with E-state index in [4.69, 9.17) is 16.3 Å². The van der Waals surface area contributed by atoms with E-state index in [-0.39, 0.29) is 30.2 Å². The normalized spacial score (nSPS) is 15.2. The van der Waals surface area contributed by atoms with Gasteiger partial charge in [-0.2, -0.15) is 0 Å². The Balaban J connectivity index is 1.49. The van der Waals surface area contributed by atoms with Crippen LogP contribution in [0.4, 0.5) is 4.39 Å². The molecule has 0 aliphatic carbocycles. The van der Waals surface area contributed by atoms with Crippen LogP contribution in [0.3, 0.4) is 0 Å². The molecule has 9 heteroatoms. The summed E-state index contributed by atoms with van der Waals surface area (Å²) in [6.45, 7) is 0.910. The molecule has 25 heavy (non-hydrogen) atoms. The highest BCUT2D eigenvalue weighted by Gasteiger charge is 2.29. The Morgan fingerprint density at radius 1 is 1.28 bits per heavy atom. The van der Waals surface area contributed by atoms with Gasteiger partial charge in [-0.25, -0.2) is 4.39 Å². The Labute approximate surface area is 152 Å². The number of rotatable bonds is 4. The molecular formula is C16H15ClFN3O3S. The van der Waals surface area contributed by atoms with Gasteiger partial charge in [0.2, 0.25) is 0 Å². The first-order valence-electron chi connectivity index (χ1n) is 7.73. The van der Waals surface area contributed by atoms with Crippen molar-refractivity contribution >= 4 is 35.0 Å². The number of carbonyl (C=O) groups excluding carboxylic acids is 2. The van der Waals surface area contributed by atoms with Crippen LogP contribution in [0.5, 0.6) is 0 Å². The van der Waals surface area contributed by atoms with E-state index in [1.807, 2.05) is 0 Å². The third-order valence-corrected chi connectivity index (χ3v) is 5.05. The average molecular weight is 384 g/mol. The van der Waals surface area contributed by atoms with Gasteiger partial charge in [0.1, 0.15) is 22.5 Å². The van der Waals surface area contributed by atoms with E-state index in [0.29, 0.717) is 41.5 Å². The van der Waals surface area contributed by atoms with Gasteiger partial charge in [-0.15, -0.1) is 5.10 Å². The molecule has 1 aromatic carbocycles. The van der Waals surface area contributed by atoms with E-state index in [1.165, 1.54) is 24.3 Å². The standard InChI is InChI=1S/C16H15ClFN3O3S/c17-14-13(19-20-25-14)9-24-16(23)11-5-7-21(8-6-11)15(22)10-1-3-12(18)4-2-10/h1-4,11H,5-9H2. The van der Waals surface area contributed by atoms with Crippen molar-refractivity contribution in [1.82, 2.24) is 14.5 Å². The summed E-state index contributed by atoms with van der Waals surface area (Å²) in [5, 5.41) is 3.79. The van der Waals surface area contributed by atoms with E-state index in [1.54, 1.807) is 4.90 Å². The zero-order valence-electron chi connectivity index (χ0n) is 13.2. The zero-order chi connectivity index (χ0) is 17.8. The summed E-state index contributed by atoms with van der Waals surface area (Å²) in [6, 6.07) is 5.44. The highest BCUT2D eigenvalue weighted by molar-refractivity contribution is 7.10. The molecule has 1 amide bonds. The predicted molar refractivity (Wildman–Crippen MR) is 89.7 cm³/mol. The van der Waals surface area contributed by atoms with Crippen molar-refractivity contribution in [1.29, 1.82) is 0 Å². The molecule has 0 spiro atoms. The smallest absolute Gasteiger partial charge is 0.309 e. The van der Waals surface area contributed by atoms with E-state index in [2.05, 4.69) is 9.59 Å². The van der Waals surface area contributed by atoms with Crippen LogP contribution in [0.25, 0.3) is 0 Å². The van der Waals surface area contributed by atoms with Crippen molar-refractivity contribution in [3.05, 3.63) is 45.7 Å². The number of piperidine rings is 1. The maximum Gasteiger partial charge on any atom is 0.309 e. The molecular weight excluding hydrogens is 369 g/mol. The summed E-state index contributed by atoms with van der Waals surface area (Å²) < 4.78 is 22.3. The molecule has 2 aromatic rings. The maximum atomic E-state index is 12.9. The first-order chi connectivity index (χ1) is 12.0. The molecule has 0 bridgehead atoms. The van der Waals surface area contributed by atoms with Crippen LogP contribution in [0.15, 0.2) is 24.3 Å². The average Bonchev–Trinajstić information content (AvgIpc) is 3.05. The number of esters is 1. The minimum absolute atomic E-state index is 0.00287. The number of hydrogen-bond acceptors (Lipinski definition) is 6. The monoisotopic (exact) mass is 383 g/mol. The number of nitrogens with zero attached hydrogens (tertiary/aromatic N) is 3. The molecule has 1 aliphatic rings. The van der Waals surface area contributed by atoms with Crippen LogP contribution < -0.4 is 0 Å². The third kappa shape index (κ3) is 4.32. The highest BCUT2D eigenvalue weighted by atomic mass is 35.5. The summed E-state index contributed by atoms with van der Waals surface area (Å²) in [6.07, 6.45) is 1.05. The second-order valence-electron chi connectivity index (χ2n) is 5.67. The van der Waals surface area contributed by atoms with E-state index in [9.17, 15) is 14.0 Å². The fourth-order valence-corrected chi connectivity index (χ4v) is 3.23. The zero-order valence-corrected chi connectivity index (χ0v) is 14.7. The number of aromatic nitrogens is 2. The van der Waals surface area contributed by atoms with Crippen molar-refractivity contribution in [2.75, 3.05) is 13.1 Å². The molecule has 6 nitrogen and oxygen atoms in total. The summed E-state index contributed by atoms with van der Waals surface area (Å²) in [7, 11) is 0. The van der Waals surface area contributed by atoms with Gasteiger partial charge in [0.25, 0.3) is 5.91 Å². The summed E-state index contributed by atoms with van der Waals surface area (Å²) in [5.41, 5.74) is 0.886. The first-order valence-corrected chi connectivity index (χ1v) is 8.88. The third-order valence-electron chi connectivity index (χ3n) is 4.07. The largest absolute Gasteiger partial charge is 0.459 e. The van der Waals surface area contributed by atoms with Gasteiger partial charge >= 0.3 is 5.97 Å². The Kier molecular flexibility index (Phi) is 5.60. The van der Waals surface area contributed by atoms with E-state index < -0.39 is 0 Å². The number of benzene rings is 1. The Morgan fingerprint density at radius 3 is 2.56 bits per heavy atom. The van der Waals surface area contributed by atoms with Crippen molar-refractivity contribution in [3.63, 3.8) is 0 Å². The lowest BCUT2D eigenvalue weighted by Crippen LogP contribution is -2.40. The Morgan fingerprint density at radius 2 is 1.96 bits per heavy atom. The van der Waals surface area contributed by atoms with Crippen molar-refractivity contribution in [2.45, 2.75) is 19.4 Å². The first kappa shape index (κ1) is 17.8. The molecule has 1 fully saturated rings. The number of hydrogen-bond donors (Lipinski definition) is 0. The van der Waals surface area contributed by atoms with Gasteiger partial charge in [-0.3, -0.25) is 9.59 Å². The van der Waals surface area contributed by atoms with E-state index in [0.717, 1.165) is 11.5 Å². The lowest BCUT2D eigenvalue weighted by Gasteiger charge is -2.31. The molecule has 1 aliphatic heterocycles. The number of carbonyl (C=O) groups is 2. The number of halogens is 2. The molecule has 0 atom stereocenters. The summed E-state index contributed by atoms with van der Waals surface area (Å²) in [5.74, 6) is -1.12. The lowest BCUT2D eigenvalue weighted by atomic mass is 9.96. The second-order valence-corrected chi connectivity index (χ2v) is 7.03. The molecule has 3 rings (SSSR count). The number of likely N-dealkylation sites (tertiary alicyclic amines) is 1. The van der Waals surface area contributed by atoms with Gasteiger partial charge in [-0.05, 0) is 37.1 Å². The van der Waals surface area contributed by atoms with Crippen LogP contribution in [-0.4, -0.2) is 39.5 Å². The minimum Gasteiger partial charge on any atom is -0.459 e. The Hall–Kier alpha value is -2.06. The van der Waals surface area contributed by atoms with E-state index >= 15 is 0 Å². The molecule has 1 aromatic heterocycles. The van der Waals surface area contributed by atoms with Crippen molar-refractivity contribution < 1.29 is 18.7 Å². The molecule has 0 unspecified atom stereocenters. The topological polar surface area (TPSA) is 72.4 Å². The predicted octanol–water partition coefficient (Wildman–Crippen LogP) is 2.93. The van der Waals surface area contributed by atoms with Gasteiger partial charge in [0.15, 0.2) is 0 Å². The van der Waals surface area contributed by atoms with Gasteiger partial charge in [-0.1, -0.05) is 16.1 Å². The molecule has 2 heterocycles. The van der Waals surface area contributed by atoms with Crippen LogP contribution in [0, 0.1) is 11.7 Å². The van der Waals surface area contributed by atoms with Crippen LogP contribution in [0.1, 0.15) is 28.9 Å². The van der Waals surface area contributed by atoms with Crippen molar-refractivity contribution in [3.8, 4) is 0 Å². The van der Waals surface area contributed by atoms with Crippen LogP contribution in [-0.2, 0) is 16.1 Å². The molecule has 132 valence electrons. The fourth-order valence-electron chi connectivity index (χ4n) is 2.63. The highest BCUT2D eigenvalue weighted by Crippen LogP contribution is 2.22. The van der Waals surface area contributed by atoms with Crippen LogP contribution in [0.2, 0.25) is 4.34 Å². The Bertz CT molecular complexity index is 760. The van der Waals surface area contributed by atoms with Gasteiger partial charge in [0.05, 0.1) is 5.92 Å². The fraction of sp³-hybridized carbons (Fsp3) is 0.375. The van der Waals surface area contributed by atoms with Gasteiger partial charge in [0, 0.05) is 30.2 Å². The lowest BCUT2D eigenvalue weighted by molar-refractivity contribution is -0.151. The number of amides is 1. The summed E-state index contributed by atoms with van der Waals surface area (Å²) in [4.78, 5) is 26.2. The molecule has 1 saturated heterocycles. The second kappa shape index (κ2) is 7.88. The van der Waals surface area contributed by atoms with Crippen molar-refractivity contribution in [2.24, 2.45) is 5.92 Å². The SMILES string of the molecule is O=C(OCc1nnsc1Cl)C1CCN(C(=O)c2ccc(F)cc2)CC1. The van der Waals surface area contributed by atoms with Gasteiger partial charge < -0.3 is 9.64 Å². The molecule has 0 saturated carbocycles. The molecule has 0 N–H and O–H groups in total. The number of ether oxygens (including phenoxy) is 1. The molecule has 0 radical (unpaired) electrons. The van der Waals surface area contributed by atoms with Crippen LogP contribution >= 0.6 is 23.1 Å².